The largest absolute Gasteiger partial charge is 0.504 e. The van der Waals surface area contributed by atoms with Gasteiger partial charge < -0.3 is 15.2 Å². The van der Waals surface area contributed by atoms with Gasteiger partial charge in [0.15, 0.2) is 11.5 Å². The van der Waals surface area contributed by atoms with Crippen molar-refractivity contribution in [2.45, 2.75) is 6.42 Å². The monoisotopic (exact) mass is 287 g/mol. The molecule has 20 heavy (non-hydrogen) atoms. The summed E-state index contributed by atoms with van der Waals surface area (Å²) in [4.78, 5) is 0.652. The minimum atomic E-state index is 0.114. The molecule has 2 rings (SSSR count). The Kier molecular flexibility index (Phi) is 4.96. The van der Waals surface area contributed by atoms with E-state index < -0.39 is 0 Å². The van der Waals surface area contributed by atoms with E-state index in [1.807, 2.05) is 18.2 Å². The number of rotatable bonds is 5. The van der Waals surface area contributed by atoms with E-state index in [4.69, 9.17) is 17.0 Å². The van der Waals surface area contributed by atoms with Crippen molar-refractivity contribution >= 4 is 17.2 Å². The van der Waals surface area contributed by atoms with Crippen LogP contribution in [0.2, 0.25) is 0 Å². The molecule has 0 amide bonds. The zero-order valence-electron chi connectivity index (χ0n) is 11.3. The van der Waals surface area contributed by atoms with Crippen LogP contribution in [0.1, 0.15) is 11.1 Å². The Bertz CT molecular complexity index is 584. The van der Waals surface area contributed by atoms with E-state index in [1.54, 1.807) is 18.2 Å². The molecule has 0 bridgehead atoms. The molecule has 0 aliphatic rings. The molecule has 2 aromatic carbocycles. The number of phenolic OH excluding ortho intramolecular Hbond substituents is 1. The fourth-order valence-corrected chi connectivity index (χ4v) is 2.12. The highest BCUT2D eigenvalue weighted by molar-refractivity contribution is 7.80. The maximum absolute atomic E-state index is 9.55. The first kappa shape index (κ1) is 14.3. The molecule has 4 heteroatoms. The fraction of sp³-hybridized carbons (Fsp3) is 0.188. The average Bonchev–Trinajstić information content (AvgIpc) is 2.48. The van der Waals surface area contributed by atoms with Crippen molar-refractivity contribution in [1.29, 1.82) is 0 Å². The Morgan fingerprint density at radius 1 is 1.20 bits per heavy atom. The van der Waals surface area contributed by atoms with Crippen LogP contribution in [0.4, 0.5) is 0 Å². The van der Waals surface area contributed by atoms with Gasteiger partial charge in [-0.05, 0) is 30.2 Å². The normalized spacial score (nSPS) is 10.1. The van der Waals surface area contributed by atoms with E-state index in [9.17, 15) is 5.11 Å². The third-order valence-electron chi connectivity index (χ3n) is 2.98. The molecule has 0 radical (unpaired) electrons. The van der Waals surface area contributed by atoms with Gasteiger partial charge in [-0.2, -0.15) is 0 Å². The lowest BCUT2D eigenvalue weighted by Gasteiger charge is -2.10. The molecule has 0 aliphatic heterocycles. The van der Waals surface area contributed by atoms with Gasteiger partial charge in [0.25, 0.3) is 0 Å². The number of benzene rings is 2. The van der Waals surface area contributed by atoms with Crippen LogP contribution in [0.25, 0.3) is 0 Å². The average molecular weight is 287 g/mol. The SMILES string of the molecule is COc1cc(C(=S)NCCc2ccccc2)ccc1O. The van der Waals surface area contributed by atoms with Gasteiger partial charge in [-0.25, -0.2) is 0 Å². The maximum Gasteiger partial charge on any atom is 0.161 e. The van der Waals surface area contributed by atoms with Crippen LogP contribution in [-0.2, 0) is 6.42 Å². The van der Waals surface area contributed by atoms with Crippen molar-refractivity contribution in [3.8, 4) is 11.5 Å². The first-order valence-electron chi connectivity index (χ1n) is 6.40. The van der Waals surface area contributed by atoms with Gasteiger partial charge in [-0.1, -0.05) is 42.5 Å². The molecular weight excluding hydrogens is 270 g/mol. The van der Waals surface area contributed by atoms with Gasteiger partial charge in [-0.3, -0.25) is 0 Å². The number of hydrogen-bond acceptors (Lipinski definition) is 3. The van der Waals surface area contributed by atoms with Crippen LogP contribution in [0.15, 0.2) is 48.5 Å². The van der Waals surface area contributed by atoms with Crippen molar-refractivity contribution in [2.75, 3.05) is 13.7 Å². The number of methoxy groups -OCH3 is 1. The number of phenols is 1. The van der Waals surface area contributed by atoms with Crippen LogP contribution >= 0.6 is 12.2 Å². The molecule has 0 saturated carbocycles. The van der Waals surface area contributed by atoms with Crippen LogP contribution in [0.3, 0.4) is 0 Å². The van der Waals surface area contributed by atoms with E-state index in [0.29, 0.717) is 10.7 Å². The van der Waals surface area contributed by atoms with Gasteiger partial charge in [-0.15, -0.1) is 0 Å². The Morgan fingerprint density at radius 2 is 1.95 bits per heavy atom. The topological polar surface area (TPSA) is 41.5 Å². The second-order valence-corrected chi connectivity index (χ2v) is 4.79. The summed E-state index contributed by atoms with van der Waals surface area (Å²) < 4.78 is 5.07. The van der Waals surface area contributed by atoms with Crippen LogP contribution in [-0.4, -0.2) is 23.7 Å². The zero-order valence-corrected chi connectivity index (χ0v) is 12.1. The van der Waals surface area contributed by atoms with E-state index in [0.717, 1.165) is 18.5 Å². The molecule has 3 nitrogen and oxygen atoms in total. The highest BCUT2D eigenvalue weighted by Gasteiger charge is 2.06. The summed E-state index contributed by atoms with van der Waals surface area (Å²) in [5.41, 5.74) is 2.11. The van der Waals surface area contributed by atoms with Gasteiger partial charge in [0.2, 0.25) is 0 Å². The summed E-state index contributed by atoms with van der Waals surface area (Å²) in [5.74, 6) is 0.540. The number of ether oxygens (including phenoxy) is 1. The summed E-state index contributed by atoms with van der Waals surface area (Å²) >= 11 is 5.34. The van der Waals surface area contributed by atoms with Gasteiger partial charge in [0, 0.05) is 12.1 Å². The van der Waals surface area contributed by atoms with Crippen molar-refractivity contribution in [1.82, 2.24) is 5.32 Å². The van der Waals surface area contributed by atoms with Crippen LogP contribution < -0.4 is 10.1 Å². The number of nitrogens with one attached hydrogen (secondary N) is 1. The predicted molar refractivity (Wildman–Crippen MR) is 84.5 cm³/mol. The Balaban J connectivity index is 1.92. The molecule has 2 N–H and O–H groups in total. The molecule has 0 aliphatic carbocycles. The van der Waals surface area contributed by atoms with E-state index >= 15 is 0 Å². The quantitative estimate of drug-likeness (QED) is 0.830. The molecule has 0 saturated heterocycles. The fourth-order valence-electron chi connectivity index (χ4n) is 1.89. The first-order valence-corrected chi connectivity index (χ1v) is 6.80. The molecule has 0 aromatic heterocycles. The Morgan fingerprint density at radius 3 is 2.65 bits per heavy atom. The number of hydrogen-bond donors (Lipinski definition) is 2. The van der Waals surface area contributed by atoms with Crippen LogP contribution in [0, 0.1) is 0 Å². The zero-order chi connectivity index (χ0) is 14.4. The summed E-state index contributed by atoms with van der Waals surface area (Å²) in [6.07, 6.45) is 0.913. The van der Waals surface area contributed by atoms with E-state index in [-0.39, 0.29) is 5.75 Å². The standard InChI is InChI=1S/C16H17NO2S/c1-19-15-11-13(7-8-14(15)18)16(20)17-10-9-12-5-3-2-4-6-12/h2-8,11,18H,9-10H2,1H3,(H,17,20). The Hall–Kier alpha value is -2.07. The summed E-state index contributed by atoms with van der Waals surface area (Å²) in [5, 5.41) is 12.8. The predicted octanol–water partition coefficient (Wildman–Crippen LogP) is 2.91. The molecule has 2 aromatic rings. The molecular formula is C16H17NO2S. The van der Waals surface area contributed by atoms with Crippen LogP contribution in [0.5, 0.6) is 11.5 Å². The lowest BCUT2D eigenvalue weighted by molar-refractivity contribution is 0.373. The third kappa shape index (κ3) is 3.71. The second-order valence-electron chi connectivity index (χ2n) is 4.38. The molecule has 0 atom stereocenters. The summed E-state index contributed by atoms with van der Waals surface area (Å²) in [6, 6.07) is 15.3. The van der Waals surface area contributed by atoms with Crippen molar-refractivity contribution in [3.63, 3.8) is 0 Å². The highest BCUT2D eigenvalue weighted by atomic mass is 32.1. The second kappa shape index (κ2) is 6.91. The molecule has 0 unspecified atom stereocenters. The van der Waals surface area contributed by atoms with Crippen molar-refractivity contribution in [2.24, 2.45) is 0 Å². The first-order chi connectivity index (χ1) is 9.70. The maximum atomic E-state index is 9.55. The van der Waals surface area contributed by atoms with E-state index in [2.05, 4.69) is 17.4 Å². The smallest absolute Gasteiger partial charge is 0.161 e. The lowest BCUT2D eigenvalue weighted by Crippen LogP contribution is -2.24. The molecule has 0 spiro atoms. The number of thiocarbonyl (C=S) groups is 1. The third-order valence-corrected chi connectivity index (χ3v) is 3.36. The lowest BCUT2D eigenvalue weighted by atomic mass is 10.1. The summed E-state index contributed by atoms with van der Waals surface area (Å²) in [7, 11) is 1.52. The molecule has 0 heterocycles. The summed E-state index contributed by atoms with van der Waals surface area (Å²) in [6.45, 7) is 0.770. The minimum Gasteiger partial charge on any atom is -0.504 e. The van der Waals surface area contributed by atoms with E-state index in [1.165, 1.54) is 12.7 Å². The molecule has 104 valence electrons. The van der Waals surface area contributed by atoms with Crippen molar-refractivity contribution < 1.29 is 9.84 Å². The number of aromatic hydroxyl groups is 1. The molecule has 0 fully saturated rings. The highest BCUT2D eigenvalue weighted by Crippen LogP contribution is 2.26. The van der Waals surface area contributed by atoms with Gasteiger partial charge >= 0.3 is 0 Å². The van der Waals surface area contributed by atoms with Crippen molar-refractivity contribution in [3.05, 3.63) is 59.7 Å². The van der Waals surface area contributed by atoms with Gasteiger partial charge in [0.05, 0.1) is 7.11 Å². The van der Waals surface area contributed by atoms with Gasteiger partial charge in [0.1, 0.15) is 4.99 Å². The Labute approximate surface area is 124 Å². The minimum absolute atomic E-state index is 0.114.